The molecule has 0 aromatic heterocycles. The lowest BCUT2D eigenvalue weighted by molar-refractivity contribution is 0.0699. The Morgan fingerprint density at radius 2 is 1.87 bits per heavy atom. The summed E-state index contributed by atoms with van der Waals surface area (Å²) in [6.07, 6.45) is 2.24. The zero-order valence-corrected chi connectivity index (χ0v) is 8.71. The fourth-order valence-electron chi connectivity index (χ4n) is 1.78. The Hall–Kier alpha value is -1.09. The number of ether oxygens (including phenoxy) is 1. The molecule has 0 saturated carbocycles. The molecule has 1 aromatic rings. The maximum Gasteiger partial charge on any atom is 0.123 e. The summed E-state index contributed by atoms with van der Waals surface area (Å²) in [6, 6.07) is 6.50. The normalized spacial score (nSPS) is 17.7. The number of halogens is 1. The predicted octanol–water partition coefficient (Wildman–Crippen LogP) is 2.66. The van der Waals surface area contributed by atoms with Crippen LogP contribution in [0, 0.1) is 11.7 Å². The van der Waals surface area contributed by atoms with Crippen LogP contribution in [0.15, 0.2) is 24.3 Å². The maximum absolute atomic E-state index is 12.6. The molecule has 82 valence electrons. The second kappa shape index (κ2) is 5.12. The third kappa shape index (κ3) is 3.20. The lowest BCUT2D eigenvalue weighted by Crippen LogP contribution is -2.22. The second-order valence-corrected chi connectivity index (χ2v) is 3.94. The quantitative estimate of drug-likeness (QED) is 0.826. The highest BCUT2D eigenvalue weighted by molar-refractivity contribution is 5.42. The molecule has 0 radical (unpaired) electrons. The van der Waals surface area contributed by atoms with Gasteiger partial charge in [-0.05, 0) is 43.0 Å². The van der Waals surface area contributed by atoms with Crippen molar-refractivity contribution in [1.29, 1.82) is 0 Å². The Bertz CT molecular complexity index is 293. The Balaban J connectivity index is 1.79. The van der Waals surface area contributed by atoms with E-state index < -0.39 is 0 Å². The summed E-state index contributed by atoms with van der Waals surface area (Å²) in [5.41, 5.74) is 0.989. The average molecular weight is 209 g/mol. The van der Waals surface area contributed by atoms with Gasteiger partial charge >= 0.3 is 0 Å². The Morgan fingerprint density at radius 3 is 2.53 bits per heavy atom. The Labute approximate surface area is 89.4 Å². The van der Waals surface area contributed by atoms with Gasteiger partial charge in [0.25, 0.3) is 0 Å². The van der Waals surface area contributed by atoms with E-state index in [1.807, 2.05) is 0 Å². The number of hydrogen-bond acceptors (Lipinski definition) is 2. The molecule has 15 heavy (non-hydrogen) atoms. The van der Waals surface area contributed by atoms with Gasteiger partial charge in [0, 0.05) is 25.4 Å². The van der Waals surface area contributed by atoms with Crippen LogP contribution < -0.4 is 5.32 Å². The zero-order valence-electron chi connectivity index (χ0n) is 8.71. The van der Waals surface area contributed by atoms with E-state index in [0.29, 0.717) is 5.92 Å². The summed E-state index contributed by atoms with van der Waals surface area (Å²) in [4.78, 5) is 0. The Morgan fingerprint density at radius 1 is 1.20 bits per heavy atom. The van der Waals surface area contributed by atoms with Crippen molar-refractivity contribution < 1.29 is 9.13 Å². The minimum absolute atomic E-state index is 0.188. The molecule has 1 heterocycles. The summed E-state index contributed by atoms with van der Waals surface area (Å²) >= 11 is 0. The molecular weight excluding hydrogens is 193 g/mol. The molecule has 0 atom stereocenters. The first-order valence-electron chi connectivity index (χ1n) is 5.42. The highest BCUT2D eigenvalue weighted by Gasteiger charge is 2.12. The van der Waals surface area contributed by atoms with Gasteiger partial charge in [0.2, 0.25) is 0 Å². The van der Waals surface area contributed by atoms with Crippen LogP contribution in [-0.2, 0) is 4.74 Å². The van der Waals surface area contributed by atoms with Crippen LogP contribution in [0.25, 0.3) is 0 Å². The highest BCUT2D eigenvalue weighted by Crippen LogP contribution is 2.16. The van der Waals surface area contributed by atoms with Gasteiger partial charge in [-0.1, -0.05) is 0 Å². The number of hydrogen-bond donors (Lipinski definition) is 1. The number of benzene rings is 1. The van der Waals surface area contributed by atoms with Crippen molar-refractivity contribution in [1.82, 2.24) is 0 Å². The van der Waals surface area contributed by atoms with Crippen molar-refractivity contribution in [2.45, 2.75) is 12.8 Å². The highest BCUT2D eigenvalue weighted by atomic mass is 19.1. The molecule has 1 saturated heterocycles. The molecule has 0 unspecified atom stereocenters. The molecule has 2 rings (SSSR count). The fourth-order valence-corrected chi connectivity index (χ4v) is 1.78. The summed E-state index contributed by atoms with van der Waals surface area (Å²) in [7, 11) is 0. The van der Waals surface area contributed by atoms with E-state index >= 15 is 0 Å². The monoisotopic (exact) mass is 209 g/mol. The van der Waals surface area contributed by atoms with Gasteiger partial charge < -0.3 is 10.1 Å². The molecule has 0 amide bonds. The van der Waals surface area contributed by atoms with Gasteiger partial charge in [0.1, 0.15) is 5.82 Å². The lowest BCUT2D eigenvalue weighted by atomic mass is 10.0. The van der Waals surface area contributed by atoms with Gasteiger partial charge in [0.05, 0.1) is 0 Å². The number of nitrogens with one attached hydrogen (secondary N) is 1. The van der Waals surface area contributed by atoms with Crippen LogP contribution in [-0.4, -0.2) is 19.8 Å². The number of anilines is 1. The predicted molar refractivity (Wildman–Crippen MR) is 58.4 cm³/mol. The molecule has 3 heteroatoms. The standard InChI is InChI=1S/C12H16FNO/c13-11-1-3-12(4-2-11)14-9-10-5-7-15-8-6-10/h1-4,10,14H,5-9H2. The number of rotatable bonds is 3. The van der Waals surface area contributed by atoms with E-state index in [-0.39, 0.29) is 5.82 Å². The van der Waals surface area contributed by atoms with Gasteiger partial charge in [-0.15, -0.1) is 0 Å². The summed E-state index contributed by atoms with van der Waals surface area (Å²) in [5.74, 6) is 0.496. The largest absolute Gasteiger partial charge is 0.385 e. The average Bonchev–Trinajstić information content (AvgIpc) is 2.30. The van der Waals surface area contributed by atoms with Crippen LogP contribution in [0.3, 0.4) is 0 Å². The first-order chi connectivity index (χ1) is 7.34. The first kappa shape index (κ1) is 10.4. The molecule has 1 fully saturated rings. The molecule has 1 N–H and O–H groups in total. The van der Waals surface area contributed by atoms with Crippen molar-refractivity contribution in [3.8, 4) is 0 Å². The van der Waals surface area contributed by atoms with E-state index in [0.717, 1.165) is 38.3 Å². The topological polar surface area (TPSA) is 21.3 Å². The molecule has 0 spiro atoms. The van der Waals surface area contributed by atoms with E-state index in [1.54, 1.807) is 12.1 Å². The third-order valence-corrected chi connectivity index (χ3v) is 2.78. The van der Waals surface area contributed by atoms with Crippen molar-refractivity contribution in [2.24, 2.45) is 5.92 Å². The summed E-state index contributed by atoms with van der Waals surface area (Å²) in [5, 5.41) is 3.32. The van der Waals surface area contributed by atoms with E-state index in [2.05, 4.69) is 5.32 Å². The molecular formula is C12H16FNO. The summed E-state index contributed by atoms with van der Waals surface area (Å²) in [6.45, 7) is 2.69. The minimum atomic E-state index is -0.188. The minimum Gasteiger partial charge on any atom is -0.385 e. The smallest absolute Gasteiger partial charge is 0.123 e. The van der Waals surface area contributed by atoms with Crippen molar-refractivity contribution >= 4 is 5.69 Å². The molecule has 1 aliphatic heterocycles. The summed E-state index contributed by atoms with van der Waals surface area (Å²) < 4.78 is 17.9. The van der Waals surface area contributed by atoms with Gasteiger partial charge in [-0.3, -0.25) is 0 Å². The third-order valence-electron chi connectivity index (χ3n) is 2.78. The second-order valence-electron chi connectivity index (χ2n) is 3.94. The zero-order chi connectivity index (χ0) is 10.5. The van der Waals surface area contributed by atoms with Crippen molar-refractivity contribution in [3.63, 3.8) is 0 Å². The molecule has 2 nitrogen and oxygen atoms in total. The van der Waals surface area contributed by atoms with Crippen molar-refractivity contribution in [2.75, 3.05) is 25.1 Å². The van der Waals surface area contributed by atoms with Gasteiger partial charge in [-0.2, -0.15) is 0 Å². The van der Waals surface area contributed by atoms with Crippen LogP contribution >= 0.6 is 0 Å². The van der Waals surface area contributed by atoms with E-state index in [9.17, 15) is 4.39 Å². The first-order valence-corrected chi connectivity index (χ1v) is 5.42. The lowest BCUT2D eigenvalue weighted by Gasteiger charge is -2.22. The van der Waals surface area contributed by atoms with Gasteiger partial charge in [-0.25, -0.2) is 4.39 Å². The van der Waals surface area contributed by atoms with E-state index in [4.69, 9.17) is 4.74 Å². The van der Waals surface area contributed by atoms with Gasteiger partial charge in [0.15, 0.2) is 0 Å². The van der Waals surface area contributed by atoms with Crippen LogP contribution in [0.5, 0.6) is 0 Å². The van der Waals surface area contributed by atoms with Crippen LogP contribution in [0.4, 0.5) is 10.1 Å². The van der Waals surface area contributed by atoms with E-state index in [1.165, 1.54) is 12.1 Å². The fraction of sp³-hybridized carbons (Fsp3) is 0.500. The molecule has 1 aromatic carbocycles. The molecule has 0 bridgehead atoms. The molecule has 0 aliphatic carbocycles. The maximum atomic E-state index is 12.6. The van der Waals surface area contributed by atoms with Crippen LogP contribution in [0.2, 0.25) is 0 Å². The molecule has 1 aliphatic rings. The van der Waals surface area contributed by atoms with Crippen molar-refractivity contribution in [3.05, 3.63) is 30.1 Å². The van der Waals surface area contributed by atoms with Crippen LogP contribution in [0.1, 0.15) is 12.8 Å². The SMILES string of the molecule is Fc1ccc(NCC2CCOCC2)cc1. The Kier molecular flexibility index (Phi) is 3.56.